The first kappa shape index (κ1) is 11.7. The molecule has 1 spiro atoms. The van der Waals surface area contributed by atoms with Gasteiger partial charge in [0, 0.05) is 19.6 Å². The molecule has 3 fully saturated rings. The predicted octanol–water partition coefficient (Wildman–Crippen LogP) is 2.56. The summed E-state index contributed by atoms with van der Waals surface area (Å²) in [6, 6.07) is 0. The van der Waals surface area contributed by atoms with Crippen LogP contribution in [-0.2, 0) is 0 Å². The normalized spacial score (nSPS) is 28.4. The van der Waals surface area contributed by atoms with Crippen LogP contribution >= 0.6 is 0 Å². The van der Waals surface area contributed by atoms with Gasteiger partial charge in [0.15, 0.2) is 0 Å². The molecule has 1 aliphatic carbocycles. The van der Waals surface area contributed by atoms with Crippen LogP contribution in [-0.4, -0.2) is 37.6 Å². The van der Waals surface area contributed by atoms with Crippen molar-refractivity contribution in [2.75, 3.05) is 32.7 Å². The summed E-state index contributed by atoms with van der Waals surface area (Å²) in [5.74, 6) is 0. The third-order valence-electron chi connectivity index (χ3n) is 5.32. The maximum absolute atomic E-state index is 3.34. The van der Waals surface area contributed by atoms with Crippen LogP contribution in [0.4, 0.5) is 0 Å². The fourth-order valence-corrected chi connectivity index (χ4v) is 3.81. The minimum Gasteiger partial charge on any atom is -0.309 e. The maximum atomic E-state index is 3.34. The molecule has 0 radical (unpaired) electrons. The summed E-state index contributed by atoms with van der Waals surface area (Å²) < 4.78 is 0. The molecular formula is C15H26N2. The van der Waals surface area contributed by atoms with E-state index in [-0.39, 0.29) is 0 Å². The average molecular weight is 234 g/mol. The van der Waals surface area contributed by atoms with Crippen molar-refractivity contribution in [1.82, 2.24) is 10.2 Å². The molecular weight excluding hydrogens is 208 g/mol. The Morgan fingerprint density at radius 2 is 1.76 bits per heavy atom. The van der Waals surface area contributed by atoms with Crippen molar-refractivity contribution in [2.24, 2.45) is 5.41 Å². The van der Waals surface area contributed by atoms with Crippen molar-refractivity contribution in [2.45, 2.75) is 45.4 Å². The number of nitrogens with zero attached hydrogens (tertiary/aromatic N) is 1. The van der Waals surface area contributed by atoms with E-state index < -0.39 is 0 Å². The lowest BCUT2D eigenvalue weighted by Gasteiger charge is -2.40. The summed E-state index contributed by atoms with van der Waals surface area (Å²) in [5.41, 5.74) is 4.06. The number of rotatable bonds is 2. The number of likely N-dealkylation sites (tertiary alicyclic amines) is 1. The third-order valence-corrected chi connectivity index (χ3v) is 5.32. The Labute approximate surface area is 105 Å². The van der Waals surface area contributed by atoms with Crippen LogP contribution in [0.15, 0.2) is 11.1 Å². The fourth-order valence-electron chi connectivity index (χ4n) is 3.81. The van der Waals surface area contributed by atoms with Gasteiger partial charge in [-0.05, 0) is 56.7 Å². The molecule has 2 heterocycles. The molecule has 1 saturated carbocycles. The minimum atomic E-state index is 0.773. The standard InChI is InChI=1S/C15H26N2/c1-13(14-10-16-11-14)12-17-8-6-15(7-9-17)4-2-3-5-15/h16H,2-12H2,1H3. The van der Waals surface area contributed by atoms with Crippen LogP contribution in [0, 0.1) is 5.41 Å². The SMILES string of the molecule is CC(CN1CCC2(CCCC2)CC1)=C1CNC1. The van der Waals surface area contributed by atoms with Crippen LogP contribution in [0.2, 0.25) is 0 Å². The number of hydrogen-bond acceptors (Lipinski definition) is 2. The first-order valence-electron chi connectivity index (χ1n) is 7.38. The van der Waals surface area contributed by atoms with Crippen molar-refractivity contribution < 1.29 is 0 Å². The molecule has 0 bridgehead atoms. The van der Waals surface area contributed by atoms with E-state index in [0.717, 1.165) is 18.5 Å². The molecule has 2 aliphatic heterocycles. The molecule has 2 saturated heterocycles. The number of nitrogens with one attached hydrogen (secondary N) is 1. The van der Waals surface area contributed by atoms with E-state index in [4.69, 9.17) is 0 Å². The lowest BCUT2D eigenvalue weighted by Crippen LogP contribution is -2.41. The van der Waals surface area contributed by atoms with Gasteiger partial charge in [-0.3, -0.25) is 4.90 Å². The van der Waals surface area contributed by atoms with Crippen molar-refractivity contribution in [3.05, 3.63) is 11.1 Å². The van der Waals surface area contributed by atoms with Gasteiger partial charge in [-0.25, -0.2) is 0 Å². The van der Waals surface area contributed by atoms with Gasteiger partial charge in [-0.2, -0.15) is 0 Å². The molecule has 17 heavy (non-hydrogen) atoms. The van der Waals surface area contributed by atoms with E-state index in [9.17, 15) is 0 Å². The molecule has 0 aromatic heterocycles. The maximum Gasteiger partial charge on any atom is 0.0193 e. The Hall–Kier alpha value is -0.340. The monoisotopic (exact) mass is 234 g/mol. The van der Waals surface area contributed by atoms with Gasteiger partial charge in [0.25, 0.3) is 0 Å². The smallest absolute Gasteiger partial charge is 0.0193 e. The lowest BCUT2D eigenvalue weighted by atomic mass is 9.77. The van der Waals surface area contributed by atoms with Crippen LogP contribution in [0.1, 0.15) is 45.4 Å². The molecule has 0 unspecified atom stereocenters. The Bertz CT molecular complexity index is 297. The summed E-state index contributed by atoms with van der Waals surface area (Å²) >= 11 is 0. The summed E-state index contributed by atoms with van der Waals surface area (Å²) in [7, 11) is 0. The molecule has 3 aliphatic rings. The van der Waals surface area contributed by atoms with Crippen molar-refractivity contribution in [3.8, 4) is 0 Å². The predicted molar refractivity (Wildman–Crippen MR) is 72.1 cm³/mol. The number of piperidine rings is 1. The van der Waals surface area contributed by atoms with Gasteiger partial charge in [-0.15, -0.1) is 0 Å². The second-order valence-corrected chi connectivity index (χ2v) is 6.47. The highest BCUT2D eigenvalue weighted by Crippen LogP contribution is 2.46. The second kappa shape index (κ2) is 4.74. The molecule has 2 heteroatoms. The van der Waals surface area contributed by atoms with Gasteiger partial charge in [0.1, 0.15) is 0 Å². The Balaban J connectivity index is 1.51. The second-order valence-electron chi connectivity index (χ2n) is 6.47. The van der Waals surface area contributed by atoms with Gasteiger partial charge >= 0.3 is 0 Å². The van der Waals surface area contributed by atoms with Crippen LogP contribution < -0.4 is 5.32 Å². The Kier molecular flexibility index (Phi) is 3.27. The largest absolute Gasteiger partial charge is 0.309 e. The summed E-state index contributed by atoms with van der Waals surface area (Å²) in [6.45, 7) is 8.53. The Morgan fingerprint density at radius 1 is 1.12 bits per heavy atom. The quantitative estimate of drug-likeness (QED) is 0.739. The van der Waals surface area contributed by atoms with E-state index in [1.807, 2.05) is 0 Å². The molecule has 0 aromatic carbocycles. The molecule has 0 amide bonds. The van der Waals surface area contributed by atoms with Crippen LogP contribution in [0.25, 0.3) is 0 Å². The van der Waals surface area contributed by atoms with Gasteiger partial charge < -0.3 is 5.32 Å². The highest BCUT2D eigenvalue weighted by atomic mass is 15.1. The lowest BCUT2D eigenvalue weighted by molar-refractivity contribution is 0.115. The molecule has 96 valence electrons. The van der Waals surface area contributed by atoms with Crippen molar-refractivity contribution in [1.29, 1.82) is 0 Å². The first-order valence-corrected chi connectivity index (χ1v) is 7.38. The zero-order chi connectivity index (χ0) is 11.7. The summed E-state index contributed by atoms with van der Waals surface area (Å²) in [6.07, 6.45) is 8.96. The van der Waals surface area contributed by atoms with E-state index in [2.05, 4.69) is 17.1 Å². The topological polar surface area (TPSA) is 15.3 Å². The minimum absolute atomic E-state index is 0.773. The average Bonchev–Trinajstić information content (AvgIpc) is 2.68. The van der Waals surface area contributed by atoms with E-state index >= 15 is 0 Å². The zero-order valence-corrected chi connectivity index (χ0v) is 11.2. The molecule has 1 N–H and O–H groups in total. The van der Waals surface area contributed by atoms with Gasteiger partial charge in [0.2, 0.25) is 0 Å². The van der Waals surface area contributed by atoms with Crippen molar-refractivity contribution in [3.63, 3.8) is 0 Å². The molecule has 3 rings (SSSR count). The summed E-state index contributed by atoms with van der Waals surface area (Å²) in [5, 5.41) is 3.34. The van der Waals surface area contributed by atoms with E-state index in [1.165, 1.54) is 58.2 Å². The van der Waals surface area contributed by atoms with Crippen LogP contribution in [0.3, 0.4) is 0 Å². The van der Waals surface area contributed by atoms with Gasteiger partial charge in [0.05, 0.1) is 0 Å². The highest BCUT2D eigenvalue weighted by molar-refractivity contribution is 5.22. The third kappa shape index (κ3) is 2.43. The number of hydrogen-bond donors (Lipinski definition) is 1. The van der Waals surface area contributed by atoms with E-state index in [1.54, 1.807) is 11.1 Å². The van der Waals surface area contributed by atoms with Gasteiger partial charge in [-0.1, -0.05) is 18.4 Å². The van der Waals surface area contributed by atoms with Crippen molar-refractivity contribution >= 4 is 0 Å². The Morgan fingerprint density at radius 3 is 2.29 bits per heavy atom. The fraction of sp³-hybridized carbons (Fsp3) is 0.867. The van der Waals surface area contributed by atoms with Crippen LogP contribution in [0.5, 0.6) is 0 Å². The summed E-state index contributed by atoms with van der Waals surface area (Å²) in [4.78, 5) is 2.68. The molecule has 0 aromatic rings. The highest BCUT2D eigenvalue weighted by Gasteiger charge is 2.36. The van der Waals surface area contributed by atoms with E-state index in [0.29, 0.717) is 0 Å². The molecule has 0 atom stereocenters. The molecule has 2 nitrogen and oxygen atoms in total. The zero-order valence-electron chi connectivity index (χ0n) is 11.2. The first-order chi connectivity index (χ1) is 8.27.